The molecular weight excluding hydrogens is 588 g/mol. The van der Waals surface area contributed by atoms with Crippen LogP contribution in [0, 0.1) is 0 Å². The molecule has 2 heterocycles. The minimum atomic E-state index is -5.05. The molecule has 0 saturated heterocycles. The third-order valence-electron chi connectivity index (χ3n) is 6.00. The zero-order chi connectivity index (χ0) is 28.1. The van der Waals surface area contributed by atoms with Crippen LogP contribution in [0.25, 0.3) is 15.9 Å². The Kier molecular flexibility index (Phi) is 7.18. The summed E-state index contributed by atoms with van der Waals surface area (Å²) in [5, 5.41) is 3.18. The summed E-state index contributed by atoms with van der Waals surface area (Å²) in [5.41, 5.74) is -2.69. The average molecular weight is 604 g/mol. The molecule has 0 fully saturated rings. The van der Waals surface area contributed by atoms with E-state index in [1.54, 1.807) is 24.3 Å². The van der Waals surface area contributed by atoms with Gasteiger partial charge in [-0.15, -0.1) is 11.3 Å². The molecular formula is C25H16ClF6N3O2S2. The van der Waals surface area contributed by atoms with Gasteiger partial charge in [-0.2, -0.15) is 26.3 Å². The van der Waals surface area contributed by atoms with Crippen LogP contribution in [0.15, 0.2) is 52.4 Å². The summed E-state index contributed by atoms with van der Waals surface area (Å²) < 4.78 is 80.3. The fourth-order valence-corrected chi connectivity index (χ4v) is 6.53. The Bertz CT molecular complexity index is 1610. The quantitative estimate of drug-likeness (QED) is 0.147. The summed E-state index contributed by atoms with van der Waals surface area (Å²) in [6, 6.07) is 7.21. The summed E-state index contributed by atoms with van der Waals surface area (Å²) in [4.78, 5) is 32.4. The van der Waals surface area contributed by atoms with E-state index in [-0.39, 0.29) is 16.8 Å². The van der Waals surface area contributed by atoms with E-state index >= 15 is 0 Å². The van der Waals surface area contributed by atoms with Crippen molar-refractivity contribution in [2.24, 2.45) is 0 Å². The number of carbonyl (C=O) groups is 1. The van der Waals surface area contributed by atoms with Crippen molar-refractivity contribution in [2.75, 3.05) is 11.1 Å². The van der Waals surface area contributed by atoms with Crippen molar-refractivity contribution in [1.82, 2.24) is 9.55 Å². The number of thioether (sulfide) groups is 1. The monoisotopic (exact) mass is 603 g/mol. The molecule has 2 aromatic heterocycles. The summed E-state index contributed by atoms with van der Waals surface area (Å²) in [7, 11) is 0. The van der Waals surface area contributed by atoms with Crippen molar-refractivity contribution >= 4 is 56.5 Å². The molecule has 0 bridgehead atoms. The Morgan fingerprint density at radius 3 is 2.28 bits per heavy atom. The second-order valence-electron chi connectivity index (χ2n) is 8.68. The second-order valence-corrected chi connectivity index (χ2v) is 11.1. The number of alkyl halides is 6. The zero-order valence-corrected chi connectivity index (χ0v) is 21.9. The van der Waals surface area contributed by atoms with Gasteiger partial charge in [-0.3, -0.25) is 14.2 Å². The topological polar surface area (TPSA) is 64.0 Å². The highest BCUT2D eigenvalue weighted by Crippen LogP contribution is 2.38. The normalized spacial score (nSPS) is 13.6. The highest BCUT2D eigenvalue weighted by Gasteiger charge is 2.37. The minimum absolute atomic E-state index is 0.0211. The molecule has 1 aliphatic carbocycles. The summed E-state index contributed by atoms with van der Waals surface area (Å²) in [6.07, 6.45) is -7.59. The predicted molar refractivity (Wildman–Crippen MR) is 138 cm³/mol. The van der Waals surface area contributed by atoms with Gasteiger partial charge in [0.1, 0.15) is 4.83 Å². The Morgan fingerprint density at radius 1 is 1.03 bits per heavy atom. The van der Waals surface area contributed by atoms with Gasteiger partial charge >= 0.3 is 12.4 Å². The molecule has 1 N–H and O–H groups in total. The Hall–Kier alpha value is -3.03. The highest BCUT2D eigenvalue weighted by molar-refractivity contribution is 7.99. The third-order valence-corrected chi connectivity index (χ3v) is 8.37. The van der Waals surface area contributed by atoms with Crippen molar-refractivity contribution < 1.29 is 31.1 Å². The summed E-state index contributed by atoms with van der Waals surface area (Å²) in [6.45, 7) is 0. The molecule has 0 saturated carbocycles. The lowest BCUT2D eigenvalue weighted by atomic mass is 10.1. The number of amides is 1. The predicted octanol–water partition coefficient (Wildman–Crippen LogP) is 7.36. The molecule has 5 rings (SSSR count). The van der Waals surface area contributed by atoms with Gasteiger partial charge in [-0.25, -0.2) is 4.98 Å². The number of benzene rings is 2. The lowest BCUT2D eigenvalue weighted by Crippen LogP contribution is -2.23. The Morgan fingerprint density at radius 2 is 1.67 bits per heavy atom. The SMILES string of the molecule is O=C(CSc1nc2sc3c(c2c(=O)n1-c1ccc(Cl)cc1)CCC3)Nc1cc(C(F)(F)F)cc(C(F)(F)F)c1. The first-order chi connectivity index (χ1) is 18.3. The maximum atomic E-state index is 13.6. The zero-order valence-electron chi connectivity index (χ0n) is 19.5. The molecule has 2 aromatic carbocycles. The smallest absolute Gasteiger partial charge is 0.325 e. The largest absolute Gasteiger partial charge is 0.416 e. The number of fused-ring (bicyclic) bond motifs is 3. The molecule has 0 atom stereocenters. The Labute approximate surface area is 229 Å². The highest BCUT2D eigenvalue weighted by atomic mass is 35.5. The number of carbonyl (C=O) groups excluding carboxylic acids is 1. The van der Waals surface area contributed by atoms with E-state index in [2.05, 4.69) is 10.3 Å². The fraction of sp³-hybridized carbons (Fsp3) is 0.240. The first-order valence-corrected chi connectivity index (χ1v) is 13.5. The number of rotatable bonds is 5. The van der Waals surface area contributed by atoms with Crippen LogP contribution >= 0.6 is 34.7 Å². The van der Waals surface area contributed by atoms with E-state index in [4.69, 9.17) is 11.6 Å². The van der Waals surface area contributed by atoms with Gasteiger partial charge in [-0.05, 0) is 67.3 Å². The molecule has 1 amide bonds. The maximum absolute atomic E-state index is 13.6. The number of hydrogen-bond donors (Lipinski definition) is 1. The summed E-state index contributed by atoms with van der Waals surface area (Å²) in [5.74, 6) is -1.31. The molecule has 204 valence electrons. The van der Waals surface area contributed by atoms with Crippen LogP contribution in [0.2, 0.25) is 5.02 Å². The van der Waals surface area contributed by atoms with Crippen LogP contribution in [0.3, 0.4) is 0 Å². The van der Waals surface area contributed by atoms with Gasteiger partial charge in [-0.1, -0.05) is 23.4 Å². The van der Waals surface area contributed by atoms with Gasteiger partial charge in [0.25, 0.3) is 5.56 Å². The molecule has 39 heavy (non-hydrogen) atoms. The van der Waals surface area contributed by atoms with Crippen molar-refractivity contribution in [3.63, 3.8) is 0 Å². The van der Waals surface area contributed by atoms with Crippen LogP contribution in [0.1, 0.15) is 28.0 Å². The van der Waals surface area contributed by atoms with E-state index in [1.165, 1.54) is 15.9 Å². The van der Waals surface area contributed by atoms with Gasteiger partial charge < -0.3 is 5.32 Å². The fourth-order valence-electron chi connectivity index (χ4n) is 4.29. The minimum Gasteiger partial charge on any atom is -0.325 e. The first kappa shape index (κ1) is 27.5. The Balaban J connectivity index is 1.47. The number of hydrogen-bond acceptors (Lipinski definition) is 5. The van der Waals surface area contributed by atoms with Crippen molar-refractivity contribution in [1.29, 1.82) is 0 Å². The van der Waals surface area contributed by atoms with Crippen LogP contribution < -0.4 is 10.9 Å². The van der Waals surface area contributed by atoms with Gasteiger partial charge in [0, 0.05) is 15.6 Å². The van der Waals surface area contributed by atoms with E-state index in [9.17, 15) is 35.9 Å². The second kappa shape index (κ2) is 10.2. The number of halogens is 7. The van der Waals surface area contributed by atoms with Crippen molar-refractivity contribution in [3.8, 4) is 5.69 Å². The van der Waals surface area contributed by atoms with Crippen LogP contribution in [0.5, 0.6) is 0 Å². The van der Waals surface area contributed by atoms with E-state index < -0.39 is 40.8 Å². The number of aryl methyl sites for hydroxylation is 2. The molecule has 0 unspecified atom stereocenters. The number of nitrogens with zero attached hydrogens (tertiary/aromatic N) is 2. The lowest BCUT2D eigenvalue weighted by Gasteiger charge is -2.15. The molecule has 14 heteroatoms. The van der Waals surface area contributed by atoms with E-state index in [1.807, 2.05) is 0 Å². The summed E-state index contributed by atoms with van der Waals surface area (Å²) >= 11 is 8.22. The molecule has 0 aliphatic heterocycles. The number of anilines is 1. The van der Waals surface area contributed by atoms with Crippen molar-refractivity contribution in [2.45, 2.75) is 36.8 Å². The van der Waals surface area contributed by atoms with Crippen LogP contribution in [-0.2, 0) is 30.0 Å². The van der Waals surface area contributed by atoms with Crippen molar-refractivity contribution in [3.05, 3.63) is 79.4 Å². The van der Waals surface area contributed by atoms with Gasteiger partial charge in [0.05, 0.1) is 28.0 Å². The third kappa shape index (κ3) is 5.66. The molecule has 0 spiro atoms. The van der Waals surface area contributed by atoms with E-state index in [0.717, 1.165) is 41.5 Å². The molecule has 5 nitrogen and oxygen atoms in total. The maximum Gasteiger partial charge on any atom is 0.416 e. The van der Waals surface area contributed by atoms with Gasteiger partial charge in [0.15, 0.2) is 5.16 Å². The standard InChI is InChI=1S/C25H16ClF6N3O2S2/c26-14-4-6-16(7-5-14)35-22(37)20-17-2-1-3-18(17)39-21(20)34-23(35)38-11-19(36)33-15-9-12(24(27,28)29)8-13(10-15)25(30,31)32/h4-10H,1-3,11H2,(H,33,36). The van der Waals surface area contributed by atoms with Gasteiger partial charge in [0.2, 0.25) is 5.91 Å². The number of aromatic nitrogens is 2. The number of thiophene rings is 1. The first-order valence-electron chi connectivity index (χ1n) is 11.4. The molecule has 0 radical (unpaired) electrons. The van der Waals surface area contributed by atoms with Crippen LogP contribution in [-0.4, -0.2) is 21.2 Å². The van der Waals surface area contributed by atoms with Crippen LogP contribution in [0.4, 0.5) is 32.0 Å². The molecule has 4 aromatic rings. The van der Waals surface area contributed by atoms with E-state index in [0.29, 0.717) is 33.1 Å². The molecule has 1 aliphatic rings. The lowest BCUT2D eigenvalue weighted by molar-refractivity contribution is -0.143. The average Bonchev–Trinajstić information content (AvgIpc) is 3.43. The number of nitrogens with one attached hydrogen (secondary N) is 1.